The van der Waals surface area contributed by atoms with E-state index in [1.807, 2.05) is 6.07 Å². The Morgan fingerprint density at radius 1 is 1.00 bits per heavy atom. The van der Waals surface area contributed by atoms with Crippen LogP contribution in [0.15, 0.2) is 36.7 Å². The molecule has 0 atom stereocenters. The van der Waals surface area contributed by atoms with Crippen molar-refractivity contribution < 1.29 is 8.78 Å². The zero-order valence-electron chi connectivity index (χ0n) is 10.1. The summed E-state index contributed by atoms with van der Waals surface area (Å²) in [5.41, 5.74) is 1.82. The minimum Gasteiger partial charge on any atom is -0.326 e. The van der Waals surface area contributed by atoms with Gasteiger partial charge in [0.05, 0.1) is 27.4 Å². The molecule has 0 N–H and O–H groups in total. The summed E-state index contributed by atoms with van der Waals surface area (Å²) in [5, 5.41) is 0.921. The number of aromatic nitrogens is 2. The minimum absolute atomic E-state index is 0.406. The maximum atomic E-state index is 13.3. The fraction of sp³-hybridized carbons (Fsp3) is 0.0714. The molecule has 0 saturated carbocycles. The molecule has 2 aromatic carbocycles. The van der Waals surface area contributed by atoms with Gasteiger partial charge in [-0.2, -0.15) is 0 Å². The topological polar surface area (TPSA) is 17.8 Å². The van der Waals surface area contributed by atoms with E-state index in [0.717, 1.165) is 17.7 Å². The van der Waals surface area contributed by atoms with Crippen molar-refractivity contribution in [3.8, 4) is 0 Å². The van der Waals surface area contributed by atoms with Gasteiger partial charge in [-0.1, -0.05) is 29.3 Å². The number of imidazole rings is 1. The lowest BCUT2D eigenvalue weighted by atomic mass is 10.2. The van der Waals surface area contributed by atoms with Gasteiger partial charge in [0.2, 0.25) is 0 Å². The molecular formula is C14H8Cl2F2N2. The number of rotatable bonds is 2. The number of nitrogens with zero attached hydrogens (tertiary/aromatic N) is 2. The van der Waals surface area contributed by atoms with E-state index in [2.05, 4.69) is 4.98 Å². The van der Waals surface area contributed by atoms with Crippen molar-refractivity contribution in [1.82, 2.24) is 9.55 Å². The molecular weight excluding hydrogens is 305 g/mol. The molecule has 0 bridgehead atoms. The summed E-state index contributed by atoms with van der Waals surface area (Å²) >= 11 is 11.8. The Balaban J connectivity index is 2.02. The Hall–Kier alpha value is -1.65. The zero-order chi connectivity index (χ0) is 14.3. The molecule has 2 nitrogen and oxygen atoms in total. The predicted molar refractivity (Wildman–Crippen MR) is 75.2 cm³/mol. The Labute approximate surface area is 123 Å². The third-order valence-electron chi connectivity index (χ3n) is 3.00. The molecule has 20 heavy (non-hydrogen) atoms. The van der Waals surface area contributed by atoms with Gasteiger partial charge in [-0.25, -0.2) is 13.8 Å². The van der Waals surface area contributed by atoms with Crippen molar-refractivity contribution in [1.29, 1.82) is 0 Å². The van der Waals surface area contributed by atoms with E-state index in [-0.39, 0.29) is 0 Å². The highest BCUT2D eigenvalue weighted by Gasteiger charge is 2.09. The van der Waals surface area contributed by atoms with Crippen LogP contribution in [0.2, 0.25) is 10.0 Å². The lowest BCUT2D eigenvalue weighted by molar-refractivity contribution is 0.510. The second kappa shape index (κ2) is 5.04. The molecule has 0 aliphatic carbocycles. The fourth-order valence-electron chi connectivity index (χ4n) is 2.01. The highest BCUT2D eigenvalue weighted by molar-refractivity contribution is 6.42. The van der Waals surface area contributed by atoms with Crippen LogP contribution in [0.1, 0.15) is 5.56 Å². The van der Waals surface area contributed by atoms with Crippen LogP contribution in [0.4, 0.5) is 8.78 Å². The molecule has 3 rings (SSSR count). The third kappa shape index (κ3) is 2.37. The second-order valence-corrected chi connectivity index (χ2v) is 5.19. The van der Waals surface area contributed by atoms with Gasteiger partial charge in [0.25, 0.3) is 0 Å². The largest absolute Gasteiger partial charge is 0.326 e. The average Bonchev–Trinajstić information content (AvgIpc) is 2.77. The van der Waals surface area contributed by atoms with Gasteiger partial charge >= 0.3 is 0 Å². The van der Waals surface area contributed by atoms with Crippen LogP contribution in [0.25, 0.3) is 11.0 Å². The van der Waals surface area contributed by atoms with Crippen LogP contribution in [0.3, 0.4) is 0 Å². The molecule has 0 aliphatic heterocycles. The van der Waals surface area contributed by atoms with Crippen molar-refractivity contribution in [2.45, 2.75) is 6.54 Å². The van der Waals surface area contributed by atoms with E-state index < -0.39 is 11.6 Å². The van der Waals surface area contributed by atoms with E-state index in [4.69, 9.17) is 23.2 Å². The van der Waals surface area contributed by atoms with Crippen LogP contribution in [0, 0.1) is 11.6 Å². The number of halogens is 4. The van der Waals surface area contributed by atoms with E-state index in [1.54, 1.807) is 16.7 Å². The molecule has 0 unspecified atom stereocenters. The first-order valence-electron chi connectivity index (χ1n) is 5.78. The molecule has 0 radical (unpaired) electrons. The normalized spacial score (nSPS) is 11.2. The molecule has 102 valence electrons. The number of benzene rings is 2. The lowest BCUT2D eigenvalue weighted by Gasteiger charge is -2.06. The highest BCUT2D eigenvalue weighted by Crippen LogP contribution is 2.24. The van der Waals surface area contributed by atoms with E-state index in [0.29, 0.717) is 27.6 Å². The highest BCUT2D eigenvalue weighted by atomic mass is 35.5. The molecule has 1 aromatic heterocycles. The standard InChI is InChI=1S/C14H8Cl2F2N2/c15-9-2-1-8(3-10(9)16)6-20-7-19-13-4-11(17)12(18)5-14(13)20/h1-5,7H,6H2. The lowest BCUT2D eigenvalue weighted by Crippen LogP contribution is -1.98. The van der Waals surface area contributed by atoms with Crippen LogP contribution in [-0.2, 0) is 6.54 Å². The van der Waals surface area contributed by atoms with Gasteiger partial charge in [0.15, 0.2) is 11.6 Å². The number of hydrogen-bond acceptors (Lipinski definition) is 1. The van der Waals surface area contributed by atoms with E-state index >= 15 is 0 Å². The molecule has 0 amide bonds. The SMILES string of the molecule is Fc1cc2ncn(Cc3ccc(Cl)c(Cl)c3)c2cc1F. The van der Waals surface area contributed by atoms with Gasteiger partial charge in [-0.15, -0.1) is 0 Å². The van der Waals surface area contributed by atoms with Gasteiger partial charge in [-0.3, -0.25) is 0 Å². The molecule has 0 spiro atoms. The Kier molecular flexibility index (Phi) is 3.36. The monoisotopic (exact) mass is 312 g/mol. The third-order valence-corrected chi connectivity index (χ3v) is 3.74. The van der Waals surface area contributed by atoms with Crippen molar-refractivity contribution in [3.63, 3.8) is 0 Å². The molecule has 3 aromatic rings. The summed E-state index contributed by atoms with van der Waals surface area (Å²) in [6, 6.07) is 7.46. The quantitative estimate of drug-likeness (QED) is 0.672. The first-order chi connectivity index (χ1) is 9.54. The van der Waals surface area contributed by atoms with Crippen LogP contribution in [0.5, 0.6) is 0 Å². The van der Waals surface area contributed by atoms with Gasteiger partial charge in [-0.05, 0) is 17.7 Å². The van der Waals surface area contributed by atoms with Crippen molar-refractivity contribution in [2.24, 2.45) is 0 Å². The van der Waals surface area contributed by atoms with Crippen molar-refractivity contribution in [2.75, 3.05) is 0 Å². The molecule has 0 aliphatic rings. The van der Waals surface area contributed by atoms with Gasteiger partial charge in [0.1, 0.15) is 0 Å². The van der Waals surface area contributed by atoms with Crippen LogP contribution >= 0.6 is 23.2 Å². The smallest absolute Gasteiger partial charge is 0.161 e. The summed E-state index contributed by atoms with van der Waals surface area (Å²) in [6.45, 7) is 0.443. The van der Waals surface area contributed by atoms with E-state index in [9.17, 15) is 8.78 Å². The molecule has 1 heterocycles. The summed E-state index contributed by atoms with van der Waals surface area (Å²) in [7, 11) is 0. The molecule has 6 heteroatoms. The summed E-state index contributed by atoms with van der Waals surface area (Å²) in [4.78, 5) is 4.05. The summed E-state index contributed by atoms with van der Waals surface area (Å²) < 4.78 is 28.2. The Morgan fingerprint density at radius 3 is 2.50 bits per heavy atom. The first-order valence-corrected chi connectivity index (χ1v) is 6.54. The number of hydrogen-bond donors (Lipinski definition) is 0. The van der Waals surface area contributed by atoms with Crippen molar-refractivity contribution >= 4 is 34.2 Å². The Morgan fingerprint density at radius 2 is 1.75 bits per heavy atom. The number of fused-ring (bicyclic) bond motifs is 1. The van der Waals surface area contributed by atoms with Gasteiger partial charge in [0, 0.05) is 18.7 Å². The van der Waals surface area contributed by atoms with E-state index in [1.165, 1.54) is 6.33 Å². The molecule has 0 fully saturated rings. The molecule has 0 saturated heterocycles. The predicted octanol–water partition coefficient (Wildman–Crippen LogP) is 4.67. The van der Waals surface area contributed by atoms with Gasteiger partial charge < -0.3 is 4.57 Å². The maximum absolute atomic E-state index is 13.3. The Bertz CT molecular complexity index is 799. The second-order valence-electron chi connectivity index (χ2n) is 4.38. The zero-order valence-corrected chi connectivity index (χ0v) is 11.6. The van der Waals surface area contributed by atoms with Crippen molar-refractivity contribution in [3.05, 3.63) is 63.9 Å². The average molecular weight is 313 g/mol. The minimum atomic E-state index is -0.905. The first kappa shape index (κ1) is 13.3. The van der Waals surface area contributed by atoms with Crippen LogP contribution in [-0.4, -0.2) is 9.55 Å². The summed E-state index contributed by atoms with van der Waals surface area (Å²) in [5.74, 6) is -1.80. The van der Waals surface area contributed by atoms with Crippen LogP contribution < -0.4 is 0 Å². The summed E-state index contributed by atoms with van der Waals surface area (Å²) in [6.07, 6.45) is 1.53. The maximum Gasteiger partial charge on any atom is 0.161 e. The fourth-order valence-corrected chi connectivity index (χ4v) is 2.33.